The molecule has 0 amide bonds. The van der Waals surface area contributed by atoms with Crippen LogP contribution in [0.15, 0.2) is 0 Å². The standard InChI is InChI=1S/C7H5N5/c1-4-5(3-8)12-6(9)7(10-2)11-4/h1H3,(H2,9,12). The monoisotopic (exact) mass is 159 g/mol. The summed E-state index contributed by atoms with van der Waals surface area (Å²) in [6.07, 6.45) is 0. The summed E-state index contributed by atoms with van der Waals surface area (Å²) in [6.45, 7) is 8.28. The first-order valence-corrected chi connectivity index (χ1v) is 3.10. The van der Waals surface area contributed by atoms with Gasteiger partial charge in [0.25, 0.3) is 0 Å². The number of nitriles is 1. The molecule has 0 aromatic carbocycles. The van der Waals surface area contributed by atoms with Gasteiger partial charge < -0.3 is 10.6 Å². The predicted molar refractivity (Wildman–Crippen MR) is 42.2 cm³/mol. The summed E-state index contributed by atoms with van der Waals surface area (Å²) in [4.78, 5) is 10.5. The van der Waals surface area contributed by atoms with Gasteiger partial charge in [-0.3, -0.25) is 0 Å². The van der Waals surface area contributed by atoms with E-state index in [0.29, 0.717) is 5.69 Å². The minimum Gasteiger partial charge on any atom is -0.391 e. The summed E-state index contributed by atoms with van der Waals surface area (Å²) >= 11 is 0. The molecule has 0 bridgehead atoms. The number of anilines is 1. The zero-order valence-corrected chi connectivity index (χ0v) is 6.37. The molecule has 2 N–H and O–H groups in total. The molecular weight excluding hydrogens is 154 g/mol. The van der Waals surface area contributed by atoms with E-state index in [-0.39, 0.29) is 17.3 Å². The van der Waals surface area contributed by atoms with Gasteiger partial charge in [-0.05, 0) is 0 Å². The second-order valence-corrected chi connectivity index (χ2v) is 2.09. The summed E-state index contributed by atoms with van der Waals surface area (Å²) in [5.41, 5.74) is 5.93. The van der Waals surface area contributed by atoms with Crippen LogP contribution in [-0.4, -0.2) is 9.97 Å². The van der Waals surface area contributed by atoms with Crippen molar-refractivity contribution >= 4 is 11.6 Å². The minimum atomic E-state index is 0.00662. The molecule has 1 aromatic heterocycles. The lowest BCUT2D eigenvalue weighted by atomic mass is 10.3. The summed E-state index contributed by atoms with van der Waals surface area (Å²) in [5.74, 6) is 0.0543. The molecule has 5 heteroatoms. The maximum absolute atomic E-state index is 8.52. The number of nitrogen functional groups attached to an aromatic ring is 1. The van der Waals surface area contributed by atoms with E-state index in [9.17, 15) is 0 Å². The lowest BCUT2D eigenvalue weighted by Crippen LogP contribution is -1.98. The van der Waals surface area contributed by atoms with Crippen LogP contribution in [0.4, 0.5) is 11.6 Å². The largest absolute Gasteiger partial charge is 0.391 e. The highest BCUT2D eigenvalue weighted by Crippen LogP contribution is 2.17. The fourth-order valence-electron chi connectivity index (χ4n) is 0.709. The molecule has 0 fully saturated rings. The van der Waals surface area contributed by atoms with E-state index in [4.69, 9.17) is 17.6 Å². The molecule has 1 rings (SSSR count). The molecule has 0 saturated heterocycles. The van der Waals surface area contributed by atoms with Crippen molar-refractivity contribution in [2.75, 3.05) is 5.73 Å². The number of rotatable bonds is 0. The Morgan fingerprint density at radius 2 is 2.25 bits per heavy atom. The number of nitrogens with zero attached hydrogens (tertiary/aromatic N) is 4. The smallest absolute Gasteiger partial charge is 0.312 e. The molecule has 0 saturated carbocycles. The van der Waals surface area contributed by atoms with Crippen molar-refractivity contribution in [1.82, 2.24) is 9.97 Å². The van der Waals surface area contributed by atoms with Gasteiger partial charge in [0.05, 0.1) is 0 Å². The lowest BCUT2D eigenvalue weighted by molar-refractivity contribution is 1.11. The molecule has 1 heterocycles. The Labute approximate surface area is 69.3 Å². The maximum atomic E-state index is 8.52. The molecule has 0 aliphatic carbocycles. The SMILES string of the molecule is [C-]#[N+]c1nc(C)c(C#N)nc1N. The van der Waals surface area contributed by atoms with Crippen LogP contribution in [0, 0.1) is 24.8 Å². The van der Waals surface area contributed by atoms with Crippen LogP contribution in [0.2, 0.25) is 0 Å². The molecule has 0 radical (unpaired) electrons. The molecule has 0 unspecified atom stereocenters. The molecular formula is C7H5N5. The van der Waals surface area contributed by atoms with Crippen molar-refractivity contribution < 1.29 is 0 Å². The summed E-state index contributed by atoms with van der Waals surface area (Å²) in [7, 11) is 0. The maximum Gasteiger partial charge on any atom is 0.312 e. The quantitative estimate of drug-likeness (QED) is 0.567. The molecule has 58 valence electrons. The van der Waals surface area contributed by atoms with Crippen LogP contribution < -0.4 is 5.73 Å². The Bertz CT molecular complexity index is 356. The Morgan fingerprint density at radius 1 is 1.58 bits per heavy atom. The van der Waals surface area contributed by atoms with Crippen LogP contribution in [-0.2, 0) is 0 Å². The highest BCUT2D eigenvalue weighted by Gasteiger charge is 2.09. The number of nitrogens with two attached hydrogens (primary N) is 1. The van der Waals surface area contributed by atoms with Crippen LogP contribution in [0.5, 0.6) is 0 Å². The van der Waals surface area contributed by atoms with E-state index < -0.39 is 0 Å². The van der Waals surface area contributed by atoms with E-state index in [1.165, 1.54) is 0 Å². The number of aromatic nitrogens is 2. The number of hydrogen-bond acceptors (Lipinski definition) is 4. The normalized spacial score (nSPS) is 8.58. The van der Waals surface area contributed by atoms with Gasteiger partial charge >= 0.3 is 5.82 Å². The summed E-state index contributed by atoms with van der Waals surface area (Å²) in [6, 6.07) is 1.83. The van der Waals surface area contributed by atoms with Crippen molar-refractivity contribution in [3.05, 3.63) is 22.8 Å². The second-order valence-electron chi connectivity index (χ2n) is 2.09. The van der Waals surface area contributed by atoms with E-state index in [1.54, 1.807) is 6.92 Å². The first-order chi connectivity index (χ1) is 5.69. The first kappa shape index (κ1) is 7.96. The Balaban J connectivity index is 3.41. The van der Waals surface area contributed by atoms with Crippen molar-refractivity contribution in [2.24, 2.45) is 0 Å². The van der Waals surface area contributed by atoms with E-state index in [1.807, 2.05) is 6.07 Å². The fraction of sp³-hybridized carbons (Fsp3) is 0.143. The van der Waals surface area contributed by atoms with Crippen molar-refractivity contribution in [3.63, 3.8) is 0 Å². The Kier molecular flexibility index (Phi) is 1.89. The van der Waals surface area contributed by atoms with E-state index in [2.05, 4.69) is 14.8 Å². The Morgan fingerprint density at radius 3 is 2.75 bits per heavy atom. The van der Waals surface area contributed by atoms with Gasteiger partial charge in [-0.1, -0.05) is 6.57 Å². The van der Waals surface area contributed by atoms with Crippen LogP contribution >= 0.6 is 0 Å². The van der Waals surface area contributed by atoms with Crippen molar-refractivity contribution in [2.45, 2.75) is 6.92 Å². The minimum absolute atomic E-state index is 0.00662. The van der Waals surface area contributed by atoms with Gasteiger partial charge in [0, 0.05) is 6.92 Å². The molecule has 0 aliphatic rings. The van der Waals surface area contributed by atoms with Crippen LogP contribution in [0.3, 0.4) is 0 Å². The molecule has 5 nitrogen and oxygen atoms in total. The summed E-state index contributed by atoms with van der Waals surface area (Å²) < 4.78 is 0. The molecule has 12 heavy (non-hydrogen) atoms. The van der Waals surface area contributed by atoms with Crippen molar-refractivity contribution in [1.29, 1.82) is 5.26 Å². The van der Waals surface area contributed by atoms with Crippen molar-refractivity contribution in [3.8, 4) is 6.07 Å². The third-order valence-corrected chi connectivity index (χ3v) is 1.29. The molecule has 0 aliphatic heterocycles. The Hall–Kier alpha value is -2.14. The van der Waals surface area contributed by atoms with E-state index >= 15 is 0 Å². The zero-order valence-electron chi connectivity index (χ0n) is 6.37. The van der Waals surface area contributed by atoms with Gasteiger partial charge in [0.15, 0.2) is 17.2 Å². The molecule has 1 aromatic rings. The fourth-order valence-corrected chi connectivity index (χ4v) is 0.709. The van der Waals surface area contributed by atoms with Gasteiger partial charge in [0.1, 0.15) is 6.07 Å². The average Bonchev–Trinajstić information content (AvgIpc) is 2.08. The topological polar surface area (TPSA) is 80.0 Å². The first-order valence-electron chi connectivity index (χ1n) is 3.10. The van der Waals surface area contributed by atoms with E-state index in [0.717, 1.165) is 0 Å². The van der Waals surface area contributed by atoms with Gasteiger partial charge in [-0.25, -0.2) is 4.98 Å². The van der Waals surface area contributed by atoms with Gasteiger partial charge in [-0.15, -0.1) is 4.98 Å². The molecule has 0 spiro atoms. The highest BCUT2D eigenvalue weighted by molar-refractivity contribution is 5.58. The predicted octanol–water partition coefficient (Wildman–Crippen LogP) is 0.790. The highest BCUT2D eigenvalue weighted by atomic mass is 15.0. The third-order valence-electron chi connectivity index (χ3n) is 1.29. The number of aryl methyl sites for hydroxylation is 1. The molecule has 0 atom stereocenters. The second kappa shape index (κ2) is 2.85. The summed E-state index contributed by atoms with van der Waals surface area (Å²) in [5, 5.41) is 8.52. The third kappa shape index (κ3) is 1.16. The van der Waals surface area contributed by atoms with Gasteiger partial charge in [-0.2, -0.15) is 5.26 Å². The lowest BCUT2D eigenvalue weighted by Gasteiger charge is -1.96. The van der Waals surface area contributed by atoms with Crippen LogP contribution in [0.25, 0.3) is 4.85 Å². The zero-order chi connectivity index (χ0) is 9.14. The van der Waals surface area contributed by atoms with Crippen LogP contribution in [0.1, 0.15) is 11.4 Å². The number of hydrogen-bond donors (Lipinski definition) is 1. The van der Waals surface area contributed by atoms with Gasteiger partial charge in [0.2, 0.25) is 0 Å². The average molecular weight is 159 g/mol.